The number of thiophene rings is 1. The molecule has 4 nitrogen and oxygen atoms in total. The molecule has 18 heavy (non-hydrogen) atoms. The number of nitrogens with zero attached hydrogens (tertiary/aromatic N) is 2. The minimum absolute atomic E-state index is 0.387. The highest BCUT2D eigenvalue weighted by Crippen LogP contribution is 2.30. The van der Waals surface area contributed by atoms with E-state index in [1.165, 1.54) is 5.56 Å². The molecule has 0 saturated heterocycles. The fraction of sp³-hybridized carbons (Fsp3) is 0.538. The molecule has 0 aliphatic carbocycles. The van der Waals surface area contributed by atoms with Crippen LogP contribution in [0, 0.1) is 5.92 Å². The molecule has 0 fully saturated rings. The standard InChI is InChI=1S/C13H19N3OS/c1-8(2)4-10-6-18-13-11(10)12(15-7-16-13)14-5-9(3)17/h6-9,17H,4-5H2,1-3H3,(H,14,15,16). The first-order valence-electron chi connectivity index (χ1n) is 6.21. The van der Waals surface area contributed by atoms with Crippen molar-refractivity contribution in [2.75, 3.05) is 11.9 Å². The first kappa shape index (κ1) is 13.2. The summed E-state index contributed by atoms with van der Waals surface area (Å²) in [7, 11) is 0. The largest absolute Gasteiger partial charge is 0.392 e. The predicted molar refractivity (Wildman–Crippen MR) is 76.1 cm³/mol. The van der Waals surface area contributed by atoms with Crippen LogP contribution in [-0.2, 0) is 6.42 Å². The van der Waals surface area contributed by atoms with Crippen LogP contribution in [0.15, 0.2) is 11.7 Å². The van der Waals surface area contributed by atoms with E-state index in [9.17, 15) is 5.11 Å². The van der Waals surface area contributed by atoms with Crippen molar-refractivity contribution in [3.63, 3.8) is 0 Å². The lowest BCUT2D eigenvalue weighted by Crippen LogP contribution is -2.16. The molecular formula is C13H19N3OS. The average molecular weight is 265 g/mol. The molecule has 1 unspecified atom stereocenters. The van der Waals surface area contributed by atoms with Crippen molar-refractivity contribution in [1.82, 2.24) is 9.97 Å². The van der Waals surface area contributed by atoms with Crippen molar-refractivity contribution in [1.29, 1.82) is 0 Å². The molecule has 0 saturated carbocycles. The molecule has 2 aromatic heterocycles. The van der Waals surface area contributed by atoms with Gasteiger partial charge in [0.15, 0.2) is 0 Å². The predicted octanol–water partition coefficient (Wildman–Crippen LogP) is 2.68. The number of rotatable bonds is 5. The summed E-state index contributed by atoms with van der Waals surface area (Å²) in [5.41, 5.74) is 1.29. The van der Waals surface area contributed by atoms with Crippen LogP contribution in [0.25, 0.3) is 10.2 Å². The number of hydrogen-bond donors (Lipinski definition) is 2. The fourth-order valence-electron chi connectivity index (χ4n) is 1.90. The second kappa shape index (κ2) is 5.63. The van der Waals surface area contributed by atoms with Crippen molar-refractivity contribution in [2.24, 2.45) is 5.92 Å². The molecule has 0 amide bonds. The van der Waals surface area contributed by atoms with Crippen LogP contribution in [0.4, 0.5) is 5.82 Å². The summed E-state index contributed by atoms with van der Waals surface area (Å²) in [5, 5.41) is 15.8. The van der Waals surface area contributed by atoms with Crippen molar-refractivity contribution >= 4 is 27.4 Å². The zero-order valence-electron chi connectivity index (χ0n) is 11.0. The highest BCUT2D eigenvalue weighted by atomic mass is 32.1. The molecule has 1 atom stereocenters. The average Bonchev–Trinajstić information content (AvgIpc) is 2.69. The number of hydrogen-bond acceptors (Lipinski definition) is 5. The van der Waals surface area contributed by atoms with E-state index in [0.717, 1.165) is 22.5 Å². The molecule has 98 valence electrons. The number of aliphatic hydroxyl groups excluding tert-OH is 1. The maximum atomic E-state index is 9.35. The minimum atomic E-state index is -0.387. The Morgan fingerprint density at radius 1 is 1.33 bits per heavy atom. The quantitative estimate of drug-likeness (QED) is 0.872. The fourth-order valence-corrected chi connectivity index (χ4v) is 2.82. The van der Waals surface area contributed by atoms with E-state index in [0.29, 0.717) is 12.5 Å². The molecule has 0 spiro atoms. The lowest BCUT2D eigenvalue weighted by molar-refractivity contribution is 0.208. The van der Waals surface area contributed by atoms with Crippen molar-refractivity contribution in [3.05, 3.63) is 17.3 Å². The summed E-state index contributed by atoms with van der Waals surface area (Å²) >= 11 is 1.65. The molecule has 0 bridgehead atoms. The van der Waals surface area contributed by atoms with Gasteiger partial charge in [0.25, 0.3) is 0 Å². The van der Waals surface area contributed by atoms with Gasteiger partial charge in [0.1, 0.15) is 17.0 Å². The van der Waals surface area contributed by atoms with Gasteiger partial charge in [0.2, 0.25) is 0 Å². The van der Waals surface area contributed by atoms with E-state index in [-0.39, 0.29) is 6.10 Å². The van der Waals surface area contributed by atoms with Crippen molar-refractivity contribution in [2.45, 2.75) is 33.3 Å². The maximum Gasteiger partial charge on any atom is 0.138 e. The van der Waals surface area contributed by atoms with E-state index in [1.807, 2.05) is 0 Å². The van der Waals surface area contributed by atoms with Crippen LogP contribution >= 0.6 is 11.3 Å². The maximum absolute atomic E-state index is 9.35. The summed E-state index contributed by atoms with van der Waals surface area (Å²) in [4.78, 5) is 9.60. The number of aromatic nitrogens is 2. The Morgan fingerprint density at radius 3 is 2.78 bits per heavy atom. The topological polar surface area (TPSA) is 58.0 Å². The lowest BCUT2D eigenvalue weighted by Gasteiger charge is -2.10. The number of aliphatic hydroxyl groups is 1. The Kier molecular flexibility index (Phi) is 4.14. The number of nitrogens with one attached hydrogen (secondary N) is 1. The van der Waals surface area contributed by atoms with Crippen molar-refractivity contribution in [3.8, 4) is 0 Å². The van der Waals surface area contributed by atoms with E-state index in [2.05, 4.69) is 34.5 Å². The molecule has 0 aliphatic heterocycles. The highest BCUT2D eigenvalue weighted by Gasteiger charge is 2.12. The summed E-state index contributed by atoms with van der Waals surface area (Å²) in [5.74, 6) is 1.44. The van der Waals surface area contributed by atoms with E-state index >= 15 is 0 Å². The third kappa shape index (κ3) is 2.97. The Hall–Kier alpha value is -1.20. The first-order valence-corrected chi connectivity index (χ1v) is 7.09. The molecule has 2 aromatic rings. The lowest BCUT2D eigenvalue weighted by atomic mass is 10.0. The second-order valence-electron chi connectivity index (χ2n) is 4.99. The normalized spacial score (nSPS) is 13.2. The van der Waals surface area contributed by atoms with Gasteiger partial charge >= 0.3 is 0 Å². The SMILES string of the molecule is CC(C)Cc1csc2ncnc(NCC(C)O)c12. The van der Waals surface area contributed by atoms with Gasteiger partial charge in [-0.05, 0) is 30.2 Å². The Balaban J connectivity index is 2.35. The molecule has 5 heteroatoms. The summed E-state index contributed by atoms with van der Waals surface area (Å²) in [6.07, 6.45) is 2.21. The summed E-state index contributed by atoms with van der Waals surface area (Å²) < 4.78 is 0. The van der Waals surface area contributed by atoms with Crippen LogP contribution in [0.5, 0.6) is 0 Å². The number of anilines is 1. The van der Waals surface area contributed by atoms with Crippen LogP contribution in [0.1, 0.15) is 26.3 Å². The minimum Gasteiger partial charge on any atom is -0.392 e. The smallest absolute Gasteiger partial charge is 0.138 e. The van der Waals surface area contributed by atoms with E-state index < -0.39 is 0 Å². The highest BCUT2D eigenvalue weighted by molar-refractivity contribution is 7.17. The zero-order chi connectivity index (χ0) is 13.1. The van der Waals surface area contributed by atoms with Crippen LogP contribution in [-0.4, -0.2) is 27.7 Å². The van der Waals surface area contributed by atoms with Gasteiger partial charge in [0, 0.05) is 6.54 Å². The third-order valence-electron chi connectivity index (χ3n) is 2.64. The Labute approximate surface area is 111 Å². The third-order valence-corrected chi connectivity index (χ3v) is 3.57. The second-order valence-corrected chi connectivity index (χ2v) is 5.85. The Bertz CT molecular complexity index is 522. The first-order chi connectivity index (χ1) is 8.58. The van der Waals surface area contributed by atoms with E-state index in [1.54, 1.807) is 24.6 Å². The van der Waals surface area contributed by atoms with Gasteiger partial charge in [-0.15, -0.1) is 11.3 Å². The molecule has 2 heterocycles. The zero-order valence-corrected chi connectivity index (χ0v) is 11.8. The van der Waals surface area contributed by atoms with Crippen molar-refractivity contribution < 1.29 is 5.11 Å². The summed E-state index contributed by atoms with van der Waals surface area (Å²) in [6, 6.07) is 0. The monoisotopic (exact) mass is 265 g/mol. The van der Waals surface area contributed by atoms with Gasteiger partial charge in [0.05, 0.1) is 11.5 Å². The van der Waals surface area contributed by atoms with Crippen LogP contribution in [0.2, 0.25) is 0 Å². The number of fused-ring (bicyclic) bond motifs is 1. The van der Waals surface area contributed by atoms with Gasteiger partial charge in [-0.2, -0.15) is 0 Å². The van der Waals surface area contributed by atoms with Gasteiger partial charge in [-0.3, -0.25) is 0 Å². The molecule has 0 aliphatic rings. The molecule has 2 rings (SSSR count). The van der Waals surface area contributed by atoms with Gasteiger partial charge in [-0.25, -0.2) is 9.97 Å². The molecular weight excluding hydrogens is 246 g/mol. The Morgan fingerprint density at radius 2 is 2.11 bits per heavy atom. The molecule has 2 N–H and O–H groups in total. The molecule has 0 radical (unpaired) electrons. The van der Waals surface area contributed by atoms with Crippen LogP contribution in [0.3, 0.4) is 0 Å². The van der Waals surface area contributed by atoms with Crippen LogP contribution < -0.4 is 5.32 Å². The van der Waals surface area contributed by atoms with Gasteiger partial charge in [-0.1, -0.05) is 13.8 Å². The van der Waals surface area contributed by atoms with Gasteiger partial charge < -0.3 is 10.4 Å². The van der Waals surface area contributed by atoms with E-state index in [4.69, 9.17) is 0 Å². The molecule has 0 aromatic carbocycles. The summed E-state index contributed by atoms with van der Waals surface area (Å²) in [6.45, 7) is 6.67.